The van der Waals surface area contributed by atoms with Gasteiger partial charge < -0.3 is 5.32 Å². The number of hydrogen-bond donors (Lipinski definition) is 2. The van der Waals surface area contributed by atoms with E-state index in [4.69, 9.17) is 0 Å². The van der Waals surface area contributed by atoms with Crippen molar-refractivity contribution < 1.29 is 8.42 Å². The van der Waals surface area contributed by atoms with Gasteiger partial charge in [0, 0.05) is 23.3 Å². The molecule has 0 saturated carbocycles. The normalized spacial score (nSPS) is 12.2. The highest BCUT2D eigenvalue weighted by Crippen LogP contribution is 2.19. The molecule has 20 heavy (non-hydrogen) atoms. The molecule has 0 radical (unpaired) electrons. The van der Waals surface area contributed by atoms with Crippen LogP contribution in [-0.4, -0.2) is 21.5 Å². The molecule has 0 aliphatic carbocycles. The third-order valence-corrected chi connectivity index (χ3v) is 5.52. The maximum absolute atomic E-state index is 12.1. The Morgan fingerprint density at radius 2 is 2.05 bits per heavy atom. The summed E-state index contributed by atoms with van der Waals surface area (Å²) in [7, 11) is -3.33. The Hall–Kier alpha value is -0.430. The Morgan fingerprint density at radius 1 is 1.30 bits per heavy atom. The molecular formula is C14H26N2O2S2. The van der Waals surface area contributed by atoms with E-state index < -0.39 is 10.0 Å². The van der Waals surface area contributed by atoms with E-state index in [2.05, 4.69) is 23.9 Å². The number of sulfonamides is 1. The van der Waals surface area contributed by atoms with Crippen molar-refractivity contribution in [3.05, 3.63) is 16.3 Å². The number of hydrogen-bond acceptors (Lipinski definition) is 4. The third-order valence-electron chi connectivity index (χ3n) is 2.99. The van der Waals surface area contributed by atoms with E-state index in [9.17, 15) is 8.42 Å². The molecule has 1 heterocycles. The van der Waals surface area contributed by atoms with Gasteiger partial charge in [0.05, 0.1) is 4.90 Å². The van der Waals surface area contributed by atoms with E-state index in [-0.39, 0.29) is 0 Å². The zero-order valence-electron chi connectivity index (χ0n) is 12.6. The molecule has 1 rings (SSSR count). The first-order valence-corrected chi connectivity index (χ1v) is 9.59. The molecule has 4 nitrogen and oxygen atoms in total. The monoisotopic (exact) mass is 318 g/mol. The summed E-state index contributed by atoms with van der Waals surface area (Å²) in [6.45, 7) is 8.53. The van der Waals surface area contributed by atoms with Gasteiger partial charge in [-0.05, 0) is 24.9 Å². The van der Waals surface area contributed by atoms with Crippen molar-refractivity contribution in [2.24, 2.45) is 5.92 Å². The van der Waals surface area contributed by atoms with Crippen LogP contribution in [-0.2, 0) is 16.6 Å². The van der Waals surface area contributed by atoms with Crippen LogP contribution in [0.1, 0.15) is 44.9 Å². The van der Waals surface area contributed by atoms with E-state index in [1.165, 1.54) is 11.3 Å². The van der Waals surface area contributed by atoms with Gasteiger partial charge in [0.15, 0.2) is 0 Å². The summed E-state index contributed by atoms with van der Waals surface area (Å²) in [6.07, 6.45) is 3.11. The summed E-state index contributed by atoms with van der Waals surface area (Å²) in [6, 6.07) is 1.75. The maximum atomic E-state index is 12.1. The molecule has 0 spiro atoms. The molecular weight excluding hydrogens is 292 g/mol. The zero-order valence-corrected chi connectivity index (χ0v) is 14.2. The van der Waals surface area contributed by atoms with Crippen molar-refractivity contribution in [2.75, 3.05) is 13.1 Å². The number of unbranched alkanes of at least 4 members (excludes halogenated alkanes) is 1. The fourth-order valence-corrected chi connectivity index (χ4v) is 4.13. The lowest BCUT2D eigenvalue weighted by atomic mass is 10.1. The van der Waals surface area contributed by atoms with Crippen molar-refractivity contribution in [2.45, 2.75) is 51.5 Å². The van der Waals surface area contributed by atoms with E-state index in [1.54, 1.807) is 11.4 Å². The van der Waals surface area contributed by atoms with E-state index in [0.29, 0.717) is 17.4 Å². The first kappa shape index (κ1) is 17.6. The smallest absolute Gasteiger partial charge is 0.241 e. The van der Waals surface area contributed by atoms with Gasteiger partial charge in [-0.2, -0.15) is 0 Å². The van der Waals surface area contributed by atoms with Crippen molar-refractivity contribution in [1.82, 2.24) is 10.0 Å². The largest absolute Gasteiger partial charge is 0.312 e. The van der Waals surface area contributed by atoms with Gasteiger partial charge >= 0.3 is 0 Å². The first-order chi connectivity index (χ1) is 9.45. The fourth-order valence-electron chi connectivity index (χ4n) is 1.81. The van der Waals surface area contributed by atoms with Crippen LogP contribution in [0.25, 0.3) is 0 Å². The van der Waals surface area contributed by atoms with Crippen LogP contribution >= 0.6 is 11.3 Å². The Balaban J connectivity index is 2.41. The minimum absolute atomic E-state index is 0.388. The summed E-state index contributed by atoms with van der Waals surface area (Å²) < 4.78 is 26.9. The molecule has 0 saturated heterocycles. The van der Waals surface area contributed by atoms with Gasteiger partial charge in [0.25, 0.3) is 0 Å². The molecule has 6 heteroatoms. The second kappa shape index (κ2) is 8.77. The highest BCUT2D eigenvalue weighted by molar-refractivity contribution is 7.89. The van der Waals surface area contributed by atoms with Gasteiger partial charge in [0.2, 0.25) is 10.0 Å². The molecule has 0 fully saturated rings. The SMILES string of the molecule is CCNCc1cc(S(=O)(=O)NCCCCC(C)C)cs1. The third kappa shape index (κ3) is 6.35. The lowest BCUT2D eigenvalue weighted by molar-refractivity contribution is 0.530. The molecule has 1 aromatic rings. The summed E-state index contributed by atoms with van der Waals surface area (Å²) in [4.78, 5) is 1.44. The molecule has 0 bridgehead atoms. The van der Waals surface area contributed by atoms with Gasteiger partial charge in [0.1, 0.15) is 0 Å². The Labute approximate surface area is 127 Å². The summed E-state index contributed by atoms with van der Waals surface area (Å²) in [5, 5.41) is 4.91. The topological polar surface area (TPSA) is 58.2 Å². The lowest BCUT2D eigenvalue weighted by Gasteiger charge is -2.06. The van der Waals surface area contributed by atoms with Gasteiger partial charge in [-0.25, -0.2) is 13.1 Å². The van der Waals surface area contributed by atoms with Crippen LogP contribution in [0.2, 0.25) is 0 Å². The van der Waals surface area contributed by atoms with Crippen LogP contribution < -0.4 is 10.0 Å². The second-order valence-corrected chi connectivity index (χ2v) is 8.08. The van der Waals surface area contributed by atoms with Crippen molar-refractivity contribution >= 4 is 21.4 Å². The summed E-state index contributed by atoms with van der Waals surface area (Å²) >= 11 is 1.48. The van der Waals surface area contributed by atoms with E-state index in [1.807, 2.05) is 6.92 Å². The standard InChI is InChI=1S/C14H26N2O2S2/c1-4-15-10-13-9-14(11-19-13)20(17,18)16-8-6-5-7-12(2)3/h9,11-12,15-16H,4-8,10H2,1-3H3. The molecule has 0 aromatic carbocycles. The molecule has 116 valence electrons. The van der Waals surface area contributed by atoms with Crippen LogP contribution in [0.15, 0.2) is 16.3 Å². The van der Waals surface area contributed by atoms with E-state index in [0.717, 1.165) is 37.2 Å². The maximum Gasteiger partial charge on any atom is 0.241 e. The minimum Gasteiger partial charge on any atom is -0.312 e. The van der Waals surface area contributed by atoms with Crippen LogP contribution in [0.3, 0.4) is 0 Å². The summed E-state index contributed by atoms with van der Waals surface area (Å²) in [5.41, 5.74) is 0. The average Bonchev–Trinajstić information content (AvgIpc) is 2.85. The molecule has 2 N–H and O–H groups in total. The minimum atomic E-state index is -3.33. The van der Waals surface area contributed by atoms with E-state index >= 15 is 0 Å². The molecule has 0 amide bonds. The quantitative estimate of drug-likeness (QED) is 0.652. The predicted molar refractivity (Wildman–Crippen MR) is 85.6 cm³/mol. The highest BCUT2D eigenvalue weighted by Gasteiger charge is 2.15. The van der Waals surface area contributed by atoms with Crippen LogP contribution in [0.4, 0.5) is 0 Å². The van der Waals surface area contributed by atoms with Gasteiger partial charge in [-0.15, -0.1) is 11.3 Å². The molecule has 0 atom stereocenters. The molecule has 0 aliphatic rings. The second-order valence-electron chi connectivity index (χ2n) is 5.32. The van der Waals surface area contributed by atoms with Crippen LogP contribution in [0, 0.1) is 5.92 Å². The Kier molecular flexibility index (Phi) is 7.72. The predicted octanol–water partition coefficient (Wildman–Crippen LogP) is 2.96. The number of nitrogens with one attached hydrogen (secondary N) is 2. The van der Waals surface area contributed by atoms with Crippen molar-refractivity contribution in [3.8, 4) is 0 Å². The van der Waals surface area contributed by atoms with Crippen molar-refractivity contribution in [3.63, 3.8) is 0 Å². The number of thiophene rings is 1. The average molecular weight is 319 g/mol. The molecule has 1 aromatic heterocycles. The lowest BCUT2D eigenvalue weighted by Crippen LogP contribution is -2.24. The highest BCUT2D eigenvalue weighted by atomic mass is 32.2. The molecule has 0 aliphatic heterocycles. The first-order valence-electron chi connectivity index (χ1n) is 7.23. The zero-order chi connectivity index (χ0) is 15.0. The molecule has 0 unspecified atom stereocenters. The fraction of sp³-hybridized carbons (Fsp3) is 0.714. The summed E-state index contributed by atoms with van der Waals surface area (Å²) in [5.74, 6) is 0.678. The van der Waals surface area contributed by atoms with Crippen LogP contribution in [0.5, 0.6) is 0 Å². The Morgan fingerprint density at radius 3 is 2.70 bits per heavy atom. The Bertz CT molecular complexity index is 481. The number of rotatable bonds is 10. The van der Waals surface area contributed by atoms with Gasteiger partial charge in [-0.1, -0.05) is 33.6 Å². The van der Waals surface area contributed by atoms with Gasteiger partial charge in [-0.3, -0.25) is 0 Å². The van der Waals surface area contributed by atoms with Crippen molar-refractivity contribution in [1.29, 1.82) is 0 Å².